The van der Waals surface area contributed by atoms with Gasteiger partial charge in [-0.05, 0) is 52.0 Å². The molecule has 1 fully saturated rings. The highest BCUT2D eigenvalue weighted by Crippen LogP contribution is 2.35. The first-order chi connectivity index (χ1) is 9.87. The number of nitrogens with zero attached hydrogens (tertiary/aromatic N) is 1. The molecule has 116 valence electrons. The molecule has 0 spiro atoms. The van der Waals surface area contributed by atoms with Crippen LogP contribution in [0.1, 0.15) is 46.1 Å². The Bertz CT molecular complexity index is 460. The summed E-state index contributed by atoms with van der Waals surface area (Å²) in [5.74, 6) is 0.750. The first kappa shape index (κ1) is 16.0. The van der Waals surface area contributed by atoms with Gasteiger partial charge in [-0.15, -0.1) is 0 Å². The van der Waals surface area contributed by atoms with Crippen LogP contribution in [-0.2, 0) is 16.1 Å². The summed E-state index contributed by atoms with van der Waals surface area (Å²) < 4.78 is 5.67. The normalized spacial score (nSPS) is 16.6. The van der Waals surface area contributed by atoms with Gasteiger partial charge in [-0.3, -0.25) is 4.79 Å². The van der Waals surface area contributed by atoms with Crippen LogP contribution >= 0.6 is 0 Å². The lowest BCUT2D eigenvalue weighted by molar-refractivity contribution is -0.144. The third-order valence-corrected chi connectivity index (χ3v) is 3.94. The van der Waals surface area contributed by atoms with E-state index in [2.05, 4.69) is 19.1 Å². The van der Waals surface area contributed by atoms with E-state index >= 15 is 0 Å². The molecule has 1 saturated carbocycles. The molecule has 0 saturated heterocycles. The second-order valence-corrected chi connectivity index (χ2v) is 6.99. The minimum Gasteiger partial charge on any atom is -0.366 e. The first-order valence-corrected chi connectivity index (χ1v) is 7.84. The molecule has 0 N–H and O–H groups in total. The highest BCUT2D eigenvalue weighted by Gasteiger charge is 2.34. The molecule has 3 heteroatoms. The first-order valence-electron chi connectivity index (χ1n) is 7.84. The minimum atomic E-state index is -0.281. The Morgan fingerprint density at radius 1 is 1.29 bits per heavy atom. The summed E-state index contributed by atoms with van der Waals surface area (Å²) in [6, 6.07) is 10.5. The summed E-state index contributed by atoms with van der Waals surface area (Å²) in [4.78, 5) is 14.6. The van der Waals surface area contributed by atoms with Crippen molar-refractivity contribution in [1.82, 2.24) is 4.90 Å². The lowest BCUT2D eigenvalue weighted by Gasteiger charge is -2.31. The monoisotopic (exact) mass is 289 g/mol. The Kier molecular flexibility index (Phi) is 5.04. The van der Waals surface area contributed by atoms with Gasteiger partial charge in [0.05, 0.1) is 5.60 Å². The number of hydrogen-bond acceptors (Lipinski definition) is 2. The van der Waals surface area contributed by atoms with Gasteiger partial charge in [0, 0.05) is 12.6 Å². The van der Waals surface area contributed by atoms with Crippen molar-refractivity contribution >= 4 is 5.91 Å². The van der Waals surface area contributed by atoms with Gasteiger partial charge in [0.15, 0.2) is 0 Å². The summed E-state index contributed by atoms with van der Waals surface area (Å²) in [5.41, 5.74) is 0.894. The van der Waals surface area contributed by atoms with Crippen molar-refractivity contribution in [2.75, 3.05) is 6.61 Å². The molecule has 3 nitrogen and oxygen atoms in total. The molecule has 1 aliphatic carbocycles. The third-order valence-electron chi connectivity index (χ3n) is 3.94. The van der Waals surface area contributed by atoms with Crippen molar-refractivity contribution in [2.24, 2.45) is 5.92 Å². The molecular formula is C18H27NO2. The number of amides is 1. The lowest BCUT2D eigenvalue weighted by Crippen LogP contribution is -2.42. The van der Waals surface area contributed by atoms with Crippen molar-refractivity contribution in [3.8, 4) is 0 Å². The van der Waals surface area contributed by atoms with E-state index in [0.29, 0.717) is 18.5 Å². The number of ether oxygens (including phenoxy) is 1. The average molecular weight is 289 g/mol. The number of carbonyl (C=O) groups excluding carboxylic acids is 1. The van der Waals surface area contributed by atoms with Gasteiger partial charge in [0.25, 0.3) is 0 Å². The fourth-order valence-electron chi connectivity index (χ4n) is 2.43. The topological polar surface area (TPSA) is 29.5 Å². The molecule has 1 aromatic rings. The summed E-state index contributed by atoms with van der Waals surface area (Å²) in [7, 11) is 0. The minimum absolute atomic E-state index is 0.0909. The van der Waals surface area contributed by atoms with Gasteiger partial charge in [-0.2, -0.15) is 0 Å². The van der Waals surface area contributed by atoms with E-state index in [1.165, 1.54) is 18.4 Å². The molecule has 2 rings (SSSR count). The van der Waals surface area contributed by atoms with E-state index in [0.717, 1.165) is 0 Å². The van der Waals surface area contributed by atoms with Gasteiger partial charge in [0.2, 0.25) is 5.91 Å². The molecule has 1 amide bonds. The number of hydrogen-bond donors (Lipinski definition) is 0. The molecular weight excluding hydrogens is 262 g/mol. The van der Waals surface area contributed by atoms with Gasteiger partial charge in [0.1, 0.15) is 6.61 Å². The van der Waals surface area contributed by atoms with E-state index in [1.807, 2.05) is 43.9 Å². The van der Waals surface area contributed by atoms with Crippen LogP contribution in [0.5, 0.6) is 0 Å². The molecule has 1 aliphatic rings. The van der Waals surface area contributed by atoms with Crippen LogP contribution in [0.2, 0.25) is 0 Å². The maximum absolute atomic E-state index is 12.6. The van der Waals surface area contributed by atoms with Crippen LogP contribution in [-0.4, -0.2) is 29.1 Å². The average Bonchev–Trinajstić information content (AvgIpc) is 3.26. The number of rotatable bonds is 6. The van der Waals surface area contributed by atoms with Crippen LogP contribution in [0, 0.1) is 5.92 Å². The maximum Gasteiger partial charge on any atom is 0.249 e. The number of carbonyl (C=O) groups is 1. The molecule has 0 heterocycles. The van der Waals surface area contributed by atoms with Crippen molar-refractivity contribution in [3.63, 3.8) is 0 Å². The fourth-order valence-corrected chi connectivity index (χ4v) is 2.43. The molecule has 21 heavy (non-hydrogen) atoms. The second-order valence-electron chi connectivity index (χ2n) is 6.99. The van der Waals surface area contributed by atoms with Crippen LogP contribution in [0.3, 0.4) is 0 Å². The maximum atomic E-state index is 12.6. The molecule has 0 aliphatic heterocycles. The van der Waals surface area contributed by atoms with E-state index in [1.54, 1.807) is 0 Å². The van der Waals surface area contributed by atoms with Crippen LogP contribution in [0.4, 0.5) is 0 Å². The molecule has 1 unspecified atom stereocenters. The Morgan fingerprint density at radius 3 is 2.43 bits per heavy atom. The van der Waals surface area contributed by atoms with Gasteiger partial charge >= 0.3 is 0 Å². The Hall–Kier alpha value is -1.35. The predicted octanol–water partition coefficient (Wildman–Crippen LogP) is 3.63. The van der Waals surface area contributed by atoms with Crippen molar-refractivity contribution < 1.29 is 9.53 Å². The second kappa shape index (κ2) is 6.61. The van der Waals surface area contributed by atoms with E-state index in [9.17, 15) is 4.79 Å². The Morgan fingerprint density at radius 2 is 1.90 bits per heavy atom. The highest BCUT2D eigenvalue weighted by molar-refractivity contribution is 5.78. The quantitative estimate of drug-likeness (QED) is 0.800. The Labute approximate surface area is 128 Å². The molecule has 0 bridgehead atoms. The van der Waals surface area contributed by atoms with Gasteiger partial charge < -0.3 is 9.64 Å². The van der Waals surface area contributed by atoms with Crippen LogP contribution in [0.15, 0.2) is 30.3 Å². The zero-order valence-corrected chi connectivity index (χ0v) is 13.6. The van der Waals surface area contributed by atoms with Crippen molar-refractivity contribution in [2.45, 2.75) is 58.7 Å². The Balaban J connectivity index is 2.03. The summed E-state index contributed by atoms with van der Waals surface area (Å²) in [6.45, 7) is 8.93. The summed E-state index contributed by atoms with van der Waals surface area (Å²) >= 11 is 0. The smallest absolute Gasteiger partial charge is 0.249 e. The molecule has 1 atom stereocenters. The summed E-state index contributed by atoms with van der Waals surface area (Å²) in [5, 5.41) is 0. The summed E-state index contributed by atoms with van der Waals surface area (Å²) in [6.07, 6.45) is 2.47. The molecule has 1 aromatic carbocycles. The SMILES string of the molecule is CC(C1CC1)N(Cc1ccccc1)C(=O)COC(C)(C)C. The van der Waals surface area contributed by atoms with Gasteiger partial charge in [-0.1, -0.05) is 30.3 Å². The lowest BCUT2D eigenvalue weighted by atomic mass is 10.1. The van der Waals surface area contributed by atoms with Crippen molar-refractivity contribution in [3.05, 3.63) is 35.9 Å². The van der Waals surface area contributed by atoms with Crippen LogP contribution < -0.4 is 0 Å². The van der Waals surface area contributed by atoms with Crippen molar-refractivity contribution in [1.29, 1.82) is 0 Å². The fraction of sp³-hybridized carbons (Fsp3) is 0.611. The largest absolute Gasteiger partial charge is 0.366 e. The standard InChI is InChI=1S/C18H27NO2/c1-14(16-10-11-16)19(12-15-8-6-5-7-9-15)17(20)13-21-18(2,3)4/h5-9,14,16H,10-13H2,1-4H3. The van der Waals surface area contributed by atoms with Crippen LogP contribution in [0.25, 0.3) is 0 Å². The van der Waals surface area contributed by atoms with E-state index < -0.39 is 0 Å². The van der Waals surface area contributed by atoms with E-state index in [-0.39, 0.29) is 18.1 Å². The third kappa shape index (κ3) is 5.16. The highest BCUT2D eigenvalue weighted by atomic mass is 16.5. The van der Waals surface area contributed by atoms with Gasteiger partial charge in [-0.25, -0.2) is 0 Å². The molecule has 0 radical (unpaired) electrons. The van der Waals surface area contributed by atoms with E-state index in [4.69, 9.17) is 4.74 Å². The zero-order chi connectivity index (χ0) is 15.5. The zero-order valence-electron chi connectivity index (χ0n) is 13.6. The predicted molar refractivity (Wildman–Crippen MR) is 84.9 cm³/mol. The number of benzene rings is 1. The molecule has 0 aromatic heterocycles.